The van der Waals surface area contributed by atoms with Crippen LogP contribution >= 0.6 is 11.8 Å². The van der Waals surface area contributed by atoms with Gasteiger partial charge >= 0.3 is 12.4 Å². The van der Waals surface area contributed by atoms with E-state index in [2.05, 4.69) is 0 Å². The van der Waals surface area contributed by atoms with E-state index in [1.165, 1.54) is 0 Å². The molecular weight excluding hydrogens is 270 g/mol. The van der Waals surface area contributed by atoms with Crippen LogP contribution in [0.5, 0.6) is 0 Å². The van der Waals surface area contributed by atoms with Gasteiger partial charge in [-0.2, -0.15) is 26.3 Å². The maximum Gasteiger partial charge on any atom is 0.461 e. The molecule has 0 spiro atoms. The number of carbonyl (C=O) groups excluding carboxylic acids is 1. The van der Waals surface area contributed by atoms with Gasteiger partial charge in [0.2, 0.25) is 0 Å². The molecule has 0 fully saturated rings. The summed E-state index contributed by atoms with van der Waals surface area (Å²) in [4.78, 5) is 9.82. The van der Waals surface area contributed by atoms with E-state index in [0.29, 0.717) is 6.07 Å². The summed E-state index contributed by atoms with van der Waals surface area (Å²) < 4.78 is 72.9. The van der Waals surface area contributed by atoms with Crippen LogP contribution in [0.25, 0.3) is 0 Å². The number of benzene rings is 1. The van der Waals surface area contributed by atoms with Crippen molar-refractivity contribution in [3.8, 4) is 0 Å². The molecule has 1 aromatic rings. The molecule has 17 heavy (non-hydrogen) atoms. The van der Waals surface area contributed by atoms with Crippen LogP contribution < -0.4 is 0 Å². The predicted octanol–water partition coefficient (Wildman–Crippen LogP) is 3.89. The molecular formula is C9H4F6OS. The normalized spacial score (nSPS) is 12.6. The highest BCUT2D eigenvalue weighted by molar-refractivity contribution is 8.13. The number of hydrogen-bond donors (Lipinski definition) is 0. The lowest BCUT2D eigenvalue weighted by atomic mass is 10.2. The molecule has 0 atom stereocenters. The fourth-order valence-electron chi connectivity index (χ4n) is 0.948. The third-order valence-corrected chi connectivity index (χ3v) is 2.62. The molecule has 0 radical (unpaired) electrons. The Morgan fingerprint density at radius 1 is 1.00 bits per heavy atom. The molecule has 94 valence electrons. The zero-order valence-corrected chi connectivity index (χ0v) is 8.71. The van der Waals surface area contributed by atoms with Gasteiger partial charge in [-0.05, 0) is 23.9 Å². The van der Waals surface area contributed by atoms with E-state index in [1.807, 2.05) is 0 Å². The van der Waals surface area contributed by atoms with Crippen LogP contribution in [-0.2, 0) is 11.0 Å². The van der Waals surface area contributed by atoms with Crippen molar-refractivity contribution in [3.63, 3.8) is 0 Å². The van der Waals surface area contributed by atoms with Gasteiger partial charge in [0, 0.05) is 4.90 Å². The Balaban J connectivity index is 3.04. The van der Waals surface area contributed by atoms with Gasteiger partial charge in [-0.3, -0.25) is 4.79 Å². The molecule has 0 aliphatic heterocycles. The second-order valence-corrected chi connectivity index (χ2v) is 3.90. The average molecular weight is 274 g/mol. The van der Waals surface area contributed by atoms with E-state index in [1.54, 1.807) is 0 Å². The summed E-state index contributed by atoms with van der Waals surface area (Å²) in [7, 11) is 0. The third kappa shape index (κ3) is 3.65. The molecule has 0 aliphatic rings. The second kappa shape index (κ2) is 4.59. The average Bonchev–Trinajstić information content (AvgIpc) is 2.15. The molecule has 0 saturated carbocycles. The quantitative estimate of drug-likeness (QED) is 0.571. The minimum absolute atomic E-state index is 0.480. The fraction of sp³-hybridized carbons (Fsp3) is 0.222. The molecule has 0 amide bonds. The fourth-order valence-corrected chi connectivity index (χ4v) is 1.70. The van der Waals surface area contributed by atoms with Gasteiger partial charge in [-0.1, -0.05) is 12.1 Å². The van der Waals surface area contributed by atoms with Crippen LogP contribution in [0.1, 0.15) is 5.56 Å². The number of thioether (sulfide) groups is 1. The summed E-state index contributed by atoms with van der Waals surface area (Å²) in [6, 6.07) is 3.59. The Morgan fingerprint density at radius 2 is 1.53 bits per heavy atom. The molecule has 0 aromatic heterocycles. The van der Waals surface area contributed by atoms with Crippen molar-refractivity contribution in [2.75, 3.05) is 0 Å². The van der Waals surface area contributed by atoms with E-state index in [-0.39, 0.29) is 0 Å². The predicted molar refractivity (Wildman–Crippen MR) is 48.4 cm³/mol. The van der Waals surface area contributed by atoms with Gasteiger partial charge in [0.15, 0.2) is 0 Å². The maximum absolute atomic E-state index is 12.4. The molecule has 1 nitrogen and oxygen atoms in total. The second-order valence-electron chi connectivity index (χ2n) is 2.88. The Labute approximate surface area is 95.8 Å². The van der Waals surface area contributed by atoms with Gasteiger partial charge in [-0.25, -0.2) is 0 Å². The Bertz CT molecular complexity index is 422. The molecule has 0 N–H and O–H groups in total. The number of alkyl halides is 6. The Hall–Kier alpha value is -1.18. The molecule has 0 aliphatic carbocycles. The minimum atomic E-state index is -5.16. The van der Waals surface area contributed by atoms with Crippen molar-refractivity contribution in [2.45, 2.75) is 17.2 Å². The lowest BCUT2D eigenvalue weighted by molar-refractivity contribution is -0.160. The Kier molecular flexibility index (Phi) is 3.75. The molecule has 0 bridgehead atoms. The summed E-state index contributed by atoms with van der Waals surface area (Å²) in [5.74, 6) is 0. The zero-order chi connectivity index (χ0) is 13.3. The summed E-state index contributed by atoms with van der Waals surface area (Å²) in [6.07, 6.45) is -9.96. The zero-order valence-electron chi connectivity index (χ0n) is 7.89. The number of halogens is 6. The monoisotopic (exact) mass is 274 g/mol. The van der Waals surface area contributed by atoms with Gasteiger partial charge < -0.3 is 0 Å². The van der Waals surface area contributed by atoms with Crippen LogP contribution in [-0.4, -0.2) is 11.3 Å². The van der Waals surface area contributed by atoms with Gasteiger partial charge in [0.1, 0.15) is 0 Å². The van der Waals surface area contributed by atoms with Crippen molar-refractivity contribution >= 4 is 16.9 Å². The van der Waals surface area contributed by atoms with Crippen molar-refractivity contribution in [1.82, 2.24) is 0 Å². The standard InChI is InChI=1S/C9H4F6OS/c10-8(11,12)5-3-1-2-4-6(5)17-7(16)9(13,14)15/h1-4H. The van der Waals surface area contributed by atoms with Crippen LogP contribution in [0.2, 0.25) is 0 Å². The summed E-state index contributed by atoms with van der Waals surface area (Å²) in [5.41, 5.74) is -1.26. The van der Waals surface area contributed by atoms with Crippen LogP contribution in [0.3, 0.4) is 0 Å². The molecule has 8 heteroatoms. The first-order valence-electron chi connectivity index (χ1n) is 4.07. The highest BCUT2D eigenvalue weighted by atomic mass is 32.2. The van der Waals surface area contributed by atoms with Crippen molar-refractivity contribution < 1.29 is 31.1 Å². The first-order chi connectivity index (χ1) is 7.62. The van der Waals surface area contributed by atoms with Crippen molar-refractivity contribution in [1.29, 1.82) is 0 Å². The third-order valence-electron chi connectivity index (χ3n) is 1.63. The number of rotatable bonds is 1. The van der Waals surface area contributed by atoms with E-state index >= 15 is 0 Å². The van der Waals surface area contributed by atoms with Crippen molar-refractivity contribution in [2.24, 2.45) is 0 Å². The first kappa shape index (κ1) is 13.9. The molecule has 0 saturated heterocycles. The summed E-state index contributed by atoms with van der Waals surface area (Å²) >= 11 is -0.480. The van der Waals surface area contributed by atoms with E-state index < -0.39 is 39.7 Å². The maximum atomic E-state index is 12.4. The number of hydrogen-bond acceptors (Lipinski definition) is 2. The largest absolute Gasteiger partial charge is 0.461 e. The van der Waals surface area contributed by atoms with Crippen LogP contribution in [0.4, 0.5) is 26.3 Å². The number of carbonyl (C=O) groups is 1. The van der Waals surface area contributed by atoms with E-state index in [9.17, 15) is 31.1 Å². The van der Waals surface area contributed by atoms with E-state index in [4.69, 9.17) is 0 Å². The SMILES string of the molecule is O=C(Sc1ccccc1C(F)(F)F)C(F)(F)F. The lowest BCUT2D eigenvalue weighted by Gasteiger charge is -2.11. The van der Waals surface area contributed by atoms with Crippen LogP contribution in [0.15, 0.2) is 29.2 Å². The molecule has 1 rings (SSSR count). The first-order valence-corrected chi connectivity index (χ1v) is 4.89. The molecule has 1 aromatic carbocycles. The van der Waals surface area contributed by atoms with Gasteiger partial charge in [0.05, 0.1) is 5.56 Å². The summed E-state index contributed by atoms with van der Waals surface area (Å²) in [5, 5.41) is -2.28. The van der Waals surface area contributed by atoms with Gasteiger partial charge in [0.25, 0.3) is 5.12 Å². The lowest BCUT2D eigenvalue weighted by Crippen LogP contribution is -2.19. The smallest absolute Gasteiger partial charge is 0.276 e. The van der Waals surface area contributed by atoms with Crippen molar-refractivity contribution in [3.05, 3.63) is 29.8 Å². The Morgan fingerprint density at radius 3 is 2.00 bits per heavy atom. The summed E-state index contributed by atoms with van der Waals surface area (Å²) in [6.45, 7) is 0. The van der Waals surface area contributed by atoms with Crippen LogP contribution in [0, 0.1) is 0 Å². The molecule has 0 heterocycles. The van der Waals surface area contributed by atoms with Gasteiger partial charge in [-0.15, -0.1) is 0 Å². The van der Waals surface area contributed by atoms with E-state index in [0.717, 1.165) is 18.2 Å². The highest BCUT2D eigenvalue weighted by Crippen LogP contribution is 2.38. The topological polar surface area (TPSA) is 17.1 Å². The highest BCUT2D eigenvalue weighted by Gasteiger charge is 2.41. The molecule has 0 unspecified atom stereocenters. The minimum Gasteiger partial charge on any atom is -0.276 e.